The molecule has 1 aliphatic rings. The van der Waals surface area contributed by atoms with Crippen molar-refractivity contribution in [2.24, 2.45) is 5.92 Å². The van der Waals surface area contributed by atoms with E-state index in [2.05, 4.69) is 49.9 Å². The molecule has 0 bridgehead atoms. The van der Waals surface area contributed by atoms with E-state index in [0.717, 1.165) is 30.8 Å². The highest BCUT2D eigenvalue weighted by Crippen LogP contribution is 2.22. The van der Waals surface area contributed by atoms with Crippen LogP contribution in [0.5, 0.6) is 0 Å². The maximum absolute atomic E-state index is 12.1. The van der Waals surface area contributed by atoms with Gasteiger partial charge >= 0.3 is 6.03 Å². The first kappa shape index (κ1) is 18.0. The molecule has 1 atom stereocenters. The fourth-order valence-electron chi connectivity index (χ4n) is 3.46. The molecule has 7 heteroatoms. The smallest absolute Gasteiger partial charge is 0.315 e. The molecule has 28 heavy (non-hydrogen) atoms. The van der Waals surface area contributed by atoms with Crippen LogP contribution in [0.4, 0.5) is 10.5 Å². The molecule has 1 fully saturated rings. The first-order valence-electron chi connectivity index (χ1n) is 9.53. The second kappa shape index (κ2) is 8.56. The van der Waals surface area contributed by atoms with Gasteiger partial charge in [0, 0.05) is 31.9 Å². The van der Waals surface area contributed by atoms with Crippen molar-refractivity contribution in [3.8, 4) is 5.69 Å². The molecular weight excluding hydrogens is 352 g/mol. The molecule has 2 N–H and O–H groups in total. The number of carbonyl (C=O) groups is 1. The number of anilines is 1. The van der Waals surface area contributed by atoms with Crippen LogP contribution in [0, 0.1) is 5.92 Å². The fourth-order valence-corrected chi connectivity index (χ4v) is 3.46. The van der Waals surface area contributed by atoms with E-state index < -0.39 is 0 Å². The SMILES string of the molecule is O=C(NCc1ccc(-n2cncn2)cc1)NCC1CCN(c2ccccc2)C1. The molecule has 1 unspecified atom stereocenters. The average molecular weight is 376 g/mol. The standard InChI is InChI=1S/C21H24N6O/c28-21(23-12-17-6-8-20(9-7-17)27-16-22-15-25-27)24-13-18-10-11-26(14-18)19-4-2-1-3-5-19/h1-9,15-16,18H,10-14H2,(H2,23,24,28). The van der Waals surface area contributed by atoms with Crippen LogP contribution in [0.15, 0.2) is 67.3 Å². The Morgan fingerprint density at radius 2 is 1.86 bits per heavy atom. The third kappa shape index (κ3) is 4.49. The van der Waals surface area contributed by atoms with Crippen molar-refractivity contribution >= 4 is 11.7 Å². The van der Waals surface area contributed by atoms with Gasteiger partial charge in [-0.25, -0.2) is 14.5 Å². The Morgan fingerprint density at radius 3 is 2.61 bits per heavy atom. The summed E-state index contributed by atoms with van der Waals surface area (Å²) in [7, 11) is 0. The van der Waals surface area contributed by atoms with E-state index in [1.807, 2.05) is 30.3 Å². The molecule has 7 nitrogen and oxygen atoms in total. The van der Waals surface area contributed by atoms with E-state index in [9.17, 15) is 4.79 Å². The summed E-state index contributed by atoms with van der Waals surface area (Å²) in [6.07, 6.45) is 4.25. The molecule has 1 aliphatic heterocycles. The summed E-state index contributed by atoms with van der Waals surface area (Å²) in [5.74, 6) is 0.480. The minimum Gasteiger partial charge on any atom is -0.371 e. The van der Waals surface area contributed by atoms with Crippen LogP contribution in [0.3, 0.4) is 0 Å². The minimum absolute atomic E-state index is 0.126. The van der Waals surface area contributed by atoms with Gasteiger partial charge in [-0.15, -0.1) is 0 Å². The van der Waals surface area contributed by atoms with Crippen LogP contribution in [0.2, 0.25) is 0 Å². The lowest BCUT2D eigenvalue weighted by molar-refractivity contribution is 0.239. The van der Waals surface area contributed by atoms with Gasteiger partial charge in [0.2, 0.25) is 0 Å². The molecule has 0 spiro atoms. The molecule has 0 radical (unpaired) electrons. The Balaban J connectivity index is 1.19. The number of nitrogens with zero attached hydrogens (tertiary/aromatic N) is 4. The quantitative estimate of drug-likeness (QED) is 0.693. The van der Waals surface area contributed by atoms with Crippen molar-refractivity contribution in [1.29, 1.82) is 0 Å². The van der Waals surface area contributed by atoms with E-state index in [1.165, 1.54) is 12.0 Å². The number of amides is 2. The summed E-state index contributed by atoms with van der Waals surface area (Å²) in [6.45, 7) is 3.20. The van der Waals surface area contributed by atoms with E-state index in [-0.39, 0.29) is 6.03 Å². The van der Waals surface area contributed by atoms with Crippen molar-refractivity contribution in [3.05, 3.63) is 72.8 Å². The molecule has 1 saturated heterocycles. The number of hydrogen-bond acceptors (Lipinski definition) is 4. The second-order valence-corrected chi connectivity index (χ2v) is 7.01. The molecule has 2 aromatic carbocycles. The van der Waals surface area contributed by atoms with E-state index in [1.54, 1.807) is 11.0 Å². The van der Waals surface area contributed by atoms with Crippen molar-refractivity contribution in [1.82, 2.24) is 25.4 Å². The molecular formula is C21H24N6O. The zero-order valence-electron chi connectivity index (χ0n) is 15.7. The van der Waals surface area contributed by atoms with Crippen LogP contribution in [0.1, 0.15) is 12.0 Å². The summed E-state index contributed by atoms with van der Waals surface area (Å²) in [6, 6.07) is 18.2. The number of rotatable bonds is 6. The van der Waals surface area contributed by atoms with Gasteiger partial charge in [0.1, 0.15) is 12.7 Å². The number of urea groups is 1. The zero-order chi connectivity index (χ0) is 19.2. The third-order valence-corrected chi connectivity index (χ3v) is 5.03. The Hall–Kier alpha value is -3.35. The number of benzene rings is 2. The van der Waals surface area contributed by atoms with Gasteiger partial charge in [0.25, 0.3) is 0 Å². The van der Waals surface area contributed by atoms with Crippen LogP contribution in [-0.2, 0) is 6.54 Å². The second-order valence-electron chi connectivity index (χ2n) is 7.01. The number of aromatic nitrogens is 3. The number of hydrogen-bond donors (Lipinski definition) is 2. The van der Waals surface area contributed by atoms with Gasteiger partial charge in [-0.3, -0.25) is 0 Å². The number of carbonyl (C=O) groups excluding carboxylic acids is 1. The largest absolute Gasteiger partial charge is 0.371 e. The highest BCUT2D eigenvalue weighted by Gasteiger charge is 2.22. The Morgan fingerprint density at radius 1 is 1.04 bits per heavy atom. The van der Waals surface area contributed by atoms with Gasteiger partial charge in [-0.1, -0.05) is 30.3 Å². The third-order valence-electron chi connectivity index (χ3n) is 5.03. The Kier molecular flexibility index (Phi) is 5.51. The molecule has 3 aromatic rings. The summed E-state index contributed by atoms with van der Waals surface area (Å²) >= 11 is 0. The van der Waals surface area contributed by atoms with Crippen molar-refractivity contribution in [2.45, 2.75) is 13.0 Å². The number of para-hydroxylation sites is 1. The normalized spacial score (nSPS) is 16.1. The summed E-state index contributed by atoms with van der Waals surface area (Å²) in [5, 5.41) is 10.0. The maximum atomic E-state index is 12.1. The van der Waals surface area contributed by atoms with Gasteiger partial charge < -0.3 is 15.5 Å². The molecule has 2 amide bonds. The van der Waals surface area contributed by atoms with Crippen LogP contribution in [0.25, 0.3) is 5.69 Å². The predicted molar refractivity (Wildman–Crippen MR) is 108 cm³/mol. The van der Waals surface area contributed by atoms with E-state index in [4.69, 9.17) is 0 Å². The Labute approximate surface area is 164 Å². The minimum atomic E-state index is -0.126. The topological polar surface area (TPSA) is 75.1 Å². The molecule has 0 aliphatic carbocycles. The predicted octanol–water partition coefficient (Wildman–Crippen LogP) is 2.59. The highest BCUT2D eigenvalue weighted by molar-refractivity contribution is 5.73. The van der Waals surface area contributed by atoms with Crippen molar-refractivity contribution in [2.75, 3.05) is 24.5 Å². The van der Waals surface area contributed by atoms with E-state index >= 15 is 0 Å². The lowest BCUT2D eigenvalue weighted by Crippen LogP contribution is -2.38. The van der Waals surface area contributed by atoms with Gasteiger partial charge in [-0.05, 0) is 42.2 Å². The van der Waals surface area contributed by atoms with Gasteiger partial charge in [0.05, 0.1) is 5.69 Å². The van der Waals surface area contributed by atoms with Crippen LogP contribution in [-0.4, -0.2) is 40.4 Å². The summed E-state index contributed by atoms with van der Waals surface area (Å²) in [4.78, 5) is 18.4. The van der Waals surface area contributed by atoms with Gasteiger partial charge in [0.15, 0.2) is 0 Å². The van der Waals surface area contributed by atoms with Crippen molar-refractivity contribution < 1.29 is 4.79 Å². The Bertz CT molecular complexity index is 879. The monoisotopic (exact) mass is 376 g/mol. The molecule has 2 heterocycles. The molecule has 0 saturated carbocycles. The lowest BCUT2D eigenvalue weighted by Gasteiger charge is -2.18. The van der Waals surface area contributed by atoms with E-state index in [0.29, 0.717) is 19.0 Å². The lowest BCUT2D eigenvalue weighted by atomic mass is 10.1. The first-order valence-corrected chi connectivity index (χ1v) is 9.53. The van der Waals surface area contributed by atoms with Gasteiger partial charge in [-0.2, -0.15) is 5.10 Å². The molecule has 1 aromatic heterocycles. The zero-order valence-corrected chi connectivity index (χ0v) is 15.7. The number of nitrogens with one attached hydrogen (secondary N) is 2. The summed E-state index contributed by atoms with van der Waals surface area (Å²) in [5.41, 5.74) is 3.23. The summed E-state index contributed by atoms with van der Waals surface area (Å²) < 4.78 is 1.70. The van der Waals surface area contributed by atoms with Crippen LogP contribution < -0.4 is 15.5 Å². The molecule has 4 rings (SSSR count). The maximum Gasteiger partial charge on any atom is 0.315 e. The average Bonchev–Trinajstić information content (AvgIpc) is 3.44. The van der Waals surface area contributed by atoms with Crippen LogP contribution >= 0.6 is 0 Å². The highest BCUT2D eigenvalue weighted by atomic mass is 16.2. The van der Waals surface area contributed by atoms with Crippen molar-refractivity contribution in [3.63, 3.8) is 0 Å². The first-order chi connectivity index (χ1) is 13.8. The molecule has 144 valence electrons. The fraction of sp³-hybridized carbons (Fsp3) is 0.286.